The van der Waals surface area contributed by atoms with Crippen molar-refractivity contribution in [2.24, 2.45) is 5.92 Å². The van der Waals surface area contributed by atoms with Gasteiger partial charge in [0.1, 0.15) is 5.75 Å². The number of alkyl halides is 1. The van der Waals surface area contributed by atoms with Crippen LogP contribution < -0.4 is 4.74 Å². The van der Waals surface area contributed by atoms with Crippen molar-refractivity contribution in [3.8, 4) is 5.75 Å². The lowest BCUT2D eigenvalue weighted by atomic mass is 9.94. The molecule has 0 N–H and O–H groups in total. The van der Waals surface area contributed by atoms with Crippen LogP contribution in [0.15, 0.2) is 46.9 Å². The third-order valence-electron chi connectivity index (χ3n) is 3.38. The Labute approximate surface area is 147 Å². The van der Waals surface area contributed by atoms with Crippen molar-refractivity contribution in [1.29, 1.82) is 0 Å². The molecule has 2 aromatic carbocycles. The molecule has 0 radical (unpaired) electrons. The highest BCUT2D eigenvalue weighted by Crippen LogP contribution is 2.27. The monoisotopic (exact) mass is 430 g/mol. The van der Waals surface area contributed by atoms with Crippen molar-refractivity contribution in [3.63, 3.8) is 0 Å². The van der Waals surface area contributed by atoms with E-state index in [0.29, 0.717) is 5.92 Å². The van der Waals surface area contributed by atoms with Crippen LogP contribution in [0.5, 0.6) is 5.75 Å². The lowest BCUT2D eigenvalue weighted by Crippen LogP contribution is -2.10. The molecule has 0 spiro atoms. The van der Waals surface area contributed by atoms with Gasteiger partial charge < -0.3 is 4.74 Å². The predicted molar refractivity (Wildman–Crippen MR) is 96.8 cm³/mol. The molecule has 21 heavy (non-hydrogen) atoms. The molecule has 0 saturated heterocycles. The fourth-order valence-electron chi connectivity index (χ4n) is 2.40. The Morgan fingerprint density at radius 1 is 1.14 bits per heavy atom. The Kier molecular flexibility index (Phi) is 6.59. The van der Waals surface area contributed by atoms with Gasteiger partial charge in [-0.15, -0.1) is 0 Å². The molecular weight excluding hydrogens is 415 g/mol. The molecule has 1 unspecified atom stereocenters. The highest BCUT2D eigenvalue weighted by molar-refractivity contribution is 9.10. The number of rotatable bonds is 6. The van der Waals surface area contributed by atoms with E-state index in [0.717, 1.165) is 39.0 Å². The molecule has 0 aliphatic rings. The highest BCUT2D eigenvalue weighted by atomic mass is 79.9. The fourth-order valence-corrected chi connectivity index (χ4v) is 3.50. The minimum absolute atomic E-state index is 0.492. The number of benzene rings is 2. The van der Waals surface area contributed by atoms with Crippen LogP contribution in [0.3, 0.4) is 0 Å². The van der Waals surface area contributed by atoms with E-state index in [2.05, 4.69) is 50.1 Å². The highest BCUT2D eigenvalue weighted by Gasteiger charge is 2.13. The van der Waals surface area contributed by atoms with Crippen molar-refractivity contribution in [3.05, 3.63) is 63.1 Å². The molecule has 0 aromatic heterocycles. The van der Waals surface area contributed by atoms with Gasteiger partial charge in [-0.1, -0.05) is 55.6 Å². The molecule has 0 saturated carbocycles. The van der Waals surface area contributed by atoms with Gasteiger partial charge >= 0.3 is 0 Å². The predicted octanol–water partition coefficient (Wildman–Crippen LogP) is 5.91. The first-order chi connectivity index (χ1) is 10.1. The van der Waals surface area contributed by atoms with E-state index in [1.807, 2.05) is 24.3 Å². The van der Waals surface area contributed by atoms with Gasteiger partial charge in [0.05, 0.1) is 7.11 Å². The molecule has 4 heteroatoms. The van der Waals surface area contributed by atoms with Crippen molar-refractivity contribution >= 4 is 43.5 Å². The van der Waals surface area contributed by atoms with Crippen LogP contribution in [-0.2, 0) is 12.8 Å². The van der Waals surface area contributed by atoms with E-state index in [9.17, 15) is 0 Å². The smallest absolute Gasteiger partial charge is 0.122 e. The summed E-state index contributed by atoms with van der Waals surface area (Å²) in [6.07, 6.45) is 1.95. The first kappa shape index (κ1) is 16.9. The number of hydrogen-bond acceptors (Lipinski definition) is 1. The minimum Gasteiger partial charge on any atom is -0.496 e. The first-order valence-corrected chi connectivity index (χ1v) is 9.04. The minimum atomic E-state index is 0.492. The van der Waals surface area contributed by atoms with E-state index in [-0.39, 0.29) is 0 Å². The maximum atomic E-state index is 6.11. The third-order valence-corrected chi connectivity index (χ3v) is 5.03. The normalized spacial score (nSPS) is 12.2. The second-order valence-electron chi connectivity index (χ2n) is 5.01. The quantitative estimate of drug-likeness (QED) is 0.516. The van der Waals surface area contributed by atoms with Gasteiger partial charge in [-0.25, -0.2) is 0 Å². The van der Waals surface area contributed by atoms with Gasteiger partial charge in [0.25, 0.3) is 0 Å². The summed E-state index contributed by atoms with van der Waals surface area (Å²) in [4.78, 5) is 0. The van der Waals surface area contributed by atoms with Gasteiger partial charge in [-0.05, 0) is 60.2 Å². The number of halogens is 3. The van der Waals surface area contributed by atoms with Gasteiger partial charge in [-0.2, -0.15) is 0 Å². The zero-order valence-corrected chi connectivity index (χ0v) is 15.7. The Balaban J connectivity index is 2.14. The number of hydrogen-bond donors (Lipinski definition) is 0. The lowest BCUT2D eigenvalue weighted by Gasteiger charge is -2.17. The summed E-state index contributed by atoms with van der Waals surface area (Å²) in [6, 6.07) is 14.2. The summed E-state index contributed by atoms with van der Waals surface area (Å²) in [5.74, 6) is 1.39. The second kappa shape index (κ2) is 8.21. The Morgan fingerprint density at radius 2 is 1.95 bits per heavy atom. The van der Waals surface area contributed by atoms with Crippen LogP contribution in [0.1, 0.15) is 11.1 Å². The van der Waals surface area contributed by atoms with Gasteiger partial charge in [-0.3, -0.25) is 0 Å². The molecule has 1 nitrogen and oxygen atoms in total. The third kappa shape index (κ3) is 5.01. The van der Waals surface area contributed by atoms with Crippen LogP contribution in [0.4, 0.5) is 0 Å². The van der Waals surface area contributed by atoms with Gasteiger partial charge in [0.15, 0.2) is 0 Å². The van der Waals surface area contributed by atoms with Crippen LogP contribution in [-0.4, -0.2) is 12.4 Å². The van der Waals surface area contributed by atoms with Crippen molar-refractivity contribution < 1.29 is 4.74 Å². The molecule has 0 bridgehead atoms. The van der Waals surface area contributed by atoms with Crippen molar-refractivity contribution in [2.75, 3.05) is 12.4 Å². The second-order valence-corrected chi connectivity index (χ2v) is 7.01. The summed E-state index contributed by atoms with van der Waals surface area (Å²) in [5, 5.41) is 1.69. The SMILES string of the molecule is COc1ccc(Cl)cc1CC(CBr)Cc1cccc(Br)c1. The Bertz CT molecular complexity index is 601. The molecule has 1 atom stereocenters. The Hall–Kier alpha value is -0.510. The zero-order chi connectivity index (χ0) is 15.2. The standard InChI is InChI=1S/C17H17Br2ClO/c1-21-17-6-5-16(20)10-14(17)8-13(11-18)7-12-3-2-4-15(19)9-12/h2-6,9-10,13H,7-8,11H2,1H3. The van der Waals surface area contributed by atoms with Gasteiger partial charge in [0, 0.05) is 14.8 Å². The fraction of sp³-hybridized carbons (Fsp3) is 0.294. The number of methoxy groups -OCH3 is 1. The molecule has 2 rings (SSSR count). The molecule has 2 aromatic rings. The average molecular weight is 433 g/mol. The maximum Gasteiger partial charge on any atom is 0.122 e. The summed E-state index contributed by atoms with van der Waals surface area (Å²) in [5.41, 5.74) is 2.49. The summed E-state index contributed by atoms with van der Waals surface area (Å²) >= 11 is 13.3. The lowest BCUT2D eigenvalue weighted by molar-refractivity contribution is 0.406. The summed E-state index contributed by atoms with van der Waals surface area (Å²) < 4.78 is 6.55. The largest absolute Gasteiger partial charge is 0.496 e. The van der Waals surface area contributed by atoms with Crippen LogP contribution >= 0.6 is 43.5 Å². The first-order valence-electron chi connectivity index (χ1n) is 6.75. The Morgan fingerprint density at radius 3 is 2.62 bits per heavy atom. The maximum absolute atomic E-state index is 6.11. The van der Waals surface area contributed by atoms with Crippen molar-refractivity contribution in [2.45, 2.75) is 12.8 Å². The van der Waals surface area contributed by atoms with E-state index < -0.39 is 0 Å². The number of ether oxygens (including phenoxy) is 1. The molecule has 0 heterocycles. The van der Waals surface area contributed by atoms with Crippen LogP contribution in [0.25, 0.3) is 0 Å². The van der Waals surface area contributed by atoms with Crippen LogP contribution in [0, 0.1) is 5.92 Å². The average Bonchev–Trinajstić information content (AvgIpc) is 2.47. The molecule has 0 amide bonds. The van der Waals surface area contributed by atoms with E-state index in [4.69, 9.17) is 16.3 Å². The van der Waals surface area contributed by atoms with E-state index in [1.165, 1.54) is 5.56 Å². The summed E-state index contributed by atoms with van der Waals surface area (Å²) in [7, 11) is 1.70. The van der Waals surface area contributed by atoms with Crippen molar-refractivity contribution in [1.82, 2.24) is 0 Å². The molecule has 0 aliphatic heterocycles. The van der Waals surface area contributed by atoms with E-state index >= 15 is 0 Å². The zero-order valence-electron chi connectivity index (χ0n) is 11.8. The summed E-state index contributed by atoms with van der Waals surface area (Å²) in [6.45, 7) is 0. The molecular formula is C17H17Br2ClO. The van der Waals surface area contributed by atoms with Gasteiger partial charge in [0.2, 0.25) is 0 Å². The molecule has 0 aliphatic carbocycles. The molecule has 112 valence electrons. The molecule has 0 fully saturated rings. The van der Waals surface area contributed by atoms with Crippen LogP contribution in [0.2, 0.25) is 5.02 Å². The van der Waals surface area contributed by atoms with E-state index in [1.54, 1.807) is 7.11 Å². The topological polar surface area (TPSA) is 9.23 Å².